The third-order valence-corrected chi connectivity index (χ3v) is 30.1. The van der Waals surface area contributed by atoms with Gasteiger partial charge >= 0.3 is 8.88 Å². The Morgan fingerprint density at radius 3 is 0.971 bits per heavy atom. The number of nitrogens with zero attached hydrogens (tertiary/aromatic N) is 8. The molecule has 358 valence electrons. The van der Waals surface area contributed by atoms with E-state index < -0.39 is 25.5 Å². The van der Waals surface area contributed by atoms with Crippen molar-refractivity contribution in [2.75, 3.05) is 0 Å². The highest BCUT2D eigenvalue weighted by Gasteiger charge is 2.60. The zero-order valence-electron chi connectivity index (χ0n) is 41.9. The van der Waals surface area contributed by atoms with Crippen molar-refractivity contribution in [2.45, 2.75) is 155 Å². The van der Waals surface area contributed by atoms with E-state index in [1.165, 1.54) is 0 Å². The average Bonchev–Trinajstić information content (AvgIpc) is 4.10. The summed E-state index contributed by atoms with van der Waals surface area (Å²) in [6.45, 7) is 14.0. The van der Waals surface area contributed by atoms with Crippen LogP contribution in [0.5, 0.6) is 0 Å². The lowest BCUT2D eigenvalue weighted by Crippen LogP contribution is -2.71. The summed E-state index contributed by atoms with van der Waals surface area (Å²) >= 11 is 0. The molecule has 4 aliphatic rings. The number of rotatable bonds is 22. The minimum Gasteiger partial charge on any atom is -0.404 e. The molecule has 4 aliphatic heterocycles. The van der Waals surface area contributed by atoms with Crippen LogP contribution < -0.4 is 11.0 Å². The Balaban J connectivity index is 1.50. The van der Waals surface area contributed by atoms with Gasteiger partial charge in [0, 0.05) is 43.8 Å². The van der Waals surface area contributed by atoms with E-state index in [1.807, 2.05) is 0 Å². The summed E-state index contributed by atoms with van der Waals surface area (Å²) in [5, 5.41) is 3.96. The topological polar surface area (TPSA) is 102 Å². The minimum atomic E-state index is -4.34. The highest BCUT2D eigenvalue weighted by atomic mass is 28.5. The second kappa shape index (κ2) is 20.3. The summed E-state index contributed by atoms with van der Waals surface area (Å²) in [7, 11) is -9.87. The zero-order valence-corrected chi connectivity index (χ0v) is 44.9. The fourth-order valence-corrected chi connectivity index (χ4v) is 29.7. The first kappa shape index (κ1) is 47.5. The smallest absolute Gasteiger partial charge is 0.404 e. The van der Waals surface area contributed by atoms with Crippen molar-refractivity contribution in [3.8, 4) is 0 Å². The number of amidine groups is 4. The molecule has 6 aromatic rings. The number of fused-ring (bicyclic) bond motifs is 14. The van der Waals surface area contributed by atoms with E-state index in [9.17, 15) is 0 Å². The average molecular weight is 971 g/mol. The van der Waals surface area contributed by atoms with Crippen molar-refractivity contribution in [1.29, 1.82) is 0 Å². The molecule has 0 radical (unpaired) electrons. The third-order valence-electron chi connectivity index (χ3n) is 14.9. The fourth-order valence-electron chi connectivity index (χ4n) is 11.3. The number of aromatic nitrogens is 2. The molecule has 6 heterocycles. The Bertz CT molecular complexity index is 2900. The van der Waals surface area contributed by atoms with Gasteiger partial charge in [-0.3, -0.25) is 8.47 Å². The van der Waals surface area contributed by atoms with E-state index in [0.717, 1.165) is 180 Å². The maximum Gasteiger partial charge on any atom is 0.582 e. The molecule has 0 unspecified atom stereocenters. The van der Waals surface area contributed by atoms with Crippen LogP contribution in [0.2, 0.25) is 36.3 Å². The van der Waals surface area contributed by atoms with E-state index in [2.05, 4.69) is 147 Å². The van der Waals surface area contributed by atoms with Crippen LogP contribution in [-0.2, 0) is 8.23 Å². The Morgan fingerprint density at radius 2 is 0.652 bits per heavy atom. The molecule has 0 aliphatic carbocycles. The zero-order chi connectivity index (χ0) is 47.6. The lowest BCUT2D eigenvalue weighted by Gasteiger charge is -2.47. The second-order valence-electron chi connectivity index (χ2n) is 19.9. The quantitative estimate of drug-likeness (QED) is 0.0633. The first-order valence-electron chi connectivity index (χ1n) is 26.5. The van der Waals surface area contributed by atoms with Crippen molar-refractivity contribution < 1.29 is 8.23 Å². The number of benzene rings is 4. The molecule has 13 heteroatoms. The number of aliphatic imine (C=N–C) groups is 4. The lowest BCUT2D eigenvalue weighted by atomic mass is 10.1. The Morgan fingerprint density at radius 1 is 0.362 bits per heavy atom. The van der Waals surface area contributed by atoms with Crippen molar-refractivity contribution in [2.24, 2.45) is 30.0 Å². The second-order valence-corrected chi connectivity index (χ2v) is 31.2. The molecule has 0 saturated heterocycles. The maximum atomic E-state index is 9.08. The van der Waals surface area contributed by atoms with E-state index in [-0.39, 0.29) is 0 Å². The summed E-state index contributed by atoms with van der Waals surface area (Å²) < 4.78 is 23.1. The van der Waals surface area contributed by atoms with Gasteiger partial charge in [0.2, 0.25) is 0 Å². The predicted molar refractivity (Wildman–Crippen MR) is 293 cm³/mol. The molecule has 0 saturated carbocycles. The fraction of sp³-hybridized carbons (Fsp3) is 0.429. The predicted octanol–water partition coefficient (Wildman–Crippen LogP) is 14.1. The van der Waals surface area contributed by atoms with Gasteiger partial charge in [-0.15, -0.1) is 0 Å². The molecule has 0 spiro atoms. The van der Waals surface area contributed by atoms with Gasteiger partial charge in [-0.05, 0) is 36.3 Å². The van der Waals surface area contributed by atoms with Gasteiger partial charge in [-0.25, -0.2) is 30.0 Å². The summed E-state index contributed by atoms with van der Waals surface area (Å²) in [4.78, 5) is 34.2. The highest BCUT2D eigenvalue weighted by molar-refractivity contribution is 6.89. The molecular formula is C56H70N8O2Si3. The van der Waals surface area contributed by atoms with Crippen molar-refractivity contribution in [3.63, 3.8) is 0 Å². The summed E-state index contributed by atoms with van der Waals surface area (Å²) in [6.07, 6.45) is 13.2. The van der Waals surface area contributed by atoms with Crippen LogP contribution in [0.1, 0.15) is 141 Å². The monoisotopic (exact) mass is 970 g/mol. The lowest BCUT2D eigenvalue weighted by molar-refractivity contribution is 0.319. The molecule has 10 nitrogen and oxygen atoms in total. The maximum absolute atomic E-state index is 9.08. The minimum absolute atomic E-state index is 0.640. The van der Waals surface area contributed by atoms with Gasteiger partial charge in [0.25, 0.3) is 0 Å². The third kappa shape index (κ3) is 8.55. The van der Waals surface area contributed by atoms with Gasteiger partial charge < -0.3 is 8.23 Å². The first-order chi connectivity index (χ1) is 33.9. The number of hydrogen-bond donors (Lipinski definition) is 0. The molecule has 0 N–H and O–H groups in total. The largest absolute Gasteiger partial charge is 0.582 e. The molecule has 0 amide bonds. The van der Waals surface area contributed by atoms with Crippen LogP contribution in [0.3, 0.4) is 0 Å². The molecule has 0 atom stereocenters. The van der Waals surface area contributed by atoms with Gasteiger partial charge in [-0.1, -0.05) is 216 Å². The number of unbranched alkanes of at least 4 members (excludes halogenated alkanes) is 6. The van der Waals surface area contributed by atoms with Crippen LogP contribution in [0, 0.1) is 0 Å². The molecule has 10 rings (SSSR count). The molecule has 0 fully saturated rings. The molecule has 2 aromatic heterocycles. The molecule has 4 aromatic carbocycles. The van der Waals surface area contributed by atoms with Gasteiger partial charge in [0.15, 0.2) is 40.0 Å². The standard InChI is InChI=1S/C56H70N8O2Si3/c1-7-13-35-67(36-14-8-2,37-15-9-3)65-69(66-68(38-16-10-4,39-17-11-5)40-18-12-6)63-53-45-31-23-24-32-46(45)55(63)61-51-43-29-21-22-30-44(43)52(58-51)62-56-48-34-26-25-33-47(48)54(64(56)69)60-50-42-28-20-19-27-41(42)49(57-50)59-53/h19-34H,7-18,35-40H2,1-6H3/b59-49-,59-53?,60-50?,60-54-,61-51-,61-55?,62-52?,62-56-. The normalized spacial score (nSPS) is 18.0. The van der Waals surface area contributed by atoms with Crippen LogP contribution >= 0.6 is 0 Å². The van der Waals surface area contributed by atoms with Crippen LogP contribution in [-0.4, -0.2) is 57.3 Å². The SMILES string of the molecule is CCCC[Si](CCCC)(CCCC)O[Si]1(O[Si](CCCC)(CCCC)CCCC)n2c3c4ccccc4c2/N=C2N=C(/N=c4/c5ccccc5/c(n41)=N/C1=NC(=N\3)/c3ccccc31)c1ccccc1\2. The first-order valence-corrected chi connectivity index (χ1v) is 33.3. The van der Waals surface area contributed by atoms with Crippen LogP contribution in [0.15, 0.2) is 127 Å². The number of hydrogen-bond acceptors (Lipinski definition) is 8. The van der Waals surface area contributed by atoms with Crippen molar-refractivity contribution >= 4 is 82.0 Å². The van der Waals surface area contributed by atoms with Crippen LogP contribution in [0.25, 0.3) is 21.5 Å². The Kier molecular flexibility index (Phi) is 13.9. The van der Waals surface area contributed by atoms with Gasteiger partial charge in [-0.2, -0.15) is 0 Å². The van der Waals surface area contributed by atoms with E-state index in [1.54, 1.807) is 0 Å². The molecule has 69 heavy (non-hydrogen) atoms. The summed E-state index contributed by atoms with van der Waals surface area (Å²) in [6, 6.07) is 40.6. The molecular weight excluding hydrogens is 901 g/mol. The van der Waals surface area contributed by atoms with Crippen LogP contribution in [0.4, 0.5) is 11.6 Å². The summed E-state index contributed by atoms with van der Waals surface area (Å²) in [5.41, 5.74) is 5.38. The van der Waals surface area contributed by atoms with Crippen molar-refractivity contribution in [1.82, 2.24) is 8.47 Å². The summed E-state index contributed by atoms with van der Waals surface area (Å²) in [5.74, 6) is 4.10. The van der Waals surface area contributed by atoms with Gasteiger partial charge in [0.05, 0.1) is 0 Å². The Hall–Kier alpha value is -5.19. The van der Waals surface area contributed by atoms with Crippen molar-refractivity contribution in [3.05, 3.63) is 130 Å². The van der Waals surface area contributed by atoms with E-state index in [4.69, 9.17) is 38.2 Å². The van der Waals surface area contributed by atoms with E-state index in [0.29, 0.717) is 23.3 Å². The molecule has 6 bridgehead atoms. The Labute approximate surface area is 411 Å². The highest BCUT2D eigenvalue weighted by Crippen LogP contribution is 2.47. The van der Waals surface area contributed by atoms with Gasteiger partial charge in [0.1, 0.15) is 22.6 Å². The van der Waals surface area contributed by atoms with E-state index >= 15 is 0 Å².